The van der Waals surface area contributed by atoms with Crippen LogP contribution in [0.2, 0.25) is 5.02 Å². The number of imidazole rings is 1. The summed E-state index contributed by atoms with van der Waals surface area (Å²) in [5.74, 6) is 1.52. The zero-order valence-electron chi connectivity index (χ0n) is 11.7. The second-order valence-electron chi connectivity index (χ2n) is 5.24. The fourth-order valence-corrected chi connectivity index (χ4v) is 2.15. The molecular weight excluding hydrogens is 258 g/mol. The van der Waals surface area contributed by atoms with Crippen LogP contribution in [-0.4, -0.2) is 16.1 Å². The van der Waals surface area contributed by atoms with E-state index >= 15 is 0 Å². The van der Waals surface area contributed by atoms with Crippen molar-refractivity contribution in [3.05, 3.63) is 46.7 Å². The van der Waals surface area contributed by atoms with E-state index < -0.39 is 0 Å². The largest absolute Gasteiger partial charge is 0.355 e. The van der Waals surface area contributed by atoms with Crippen LogP contribution in [0.3, 0.4) is 0 Å². The van der Waals surface area contributed by atoms with Crippen LogP contribution >= 0.6 is 11.6 Å². The molecule has 1 aromatic carbocycles. The first kappa shape index (κ1) is 13.9. The van der Waals surface area contributed by atoms with E-state index in [9.17, 15) is 0 Å². The van der Waals surface area contributed by atoms with Gasteiger partial charge in [-0.3, -0.25) is 0 Å². The molecule has 0 spiro atoms. The van der Waals surface area contributed by atoms with Crippen LogP contribution in [0.4, 0.5) is 5.95 Å². The summed E-state index contributed by atoms with van der Waals surface area (Å²) in [5.41, 5.74) is 2.20. The van der Waals surface area contributed by atoms with Crippen molar-refractivity contribution < 1.29 is 0 Å². The van der Waals surface area contributed by atoms with E-state index in [1.54, 1.807) is 0 Å². The van der Waals surface area contributed by atoms with Gasteiger partial charge in [-0.25, -0.2) is 4.98 Å². The molecule has 19 heavy (non-hydrogen) atoms. The molecule has 0 fully saturated rings. The number of hydrogen-bond acceptors (Lipinski definition) is 2. The summed E-state index contributed by atoms with van der Waals surface area (Å²) in [6, 6.07) is 7.93. The highest BCUT2D eigenvalue weighted by Crippen LogP contribution is 2.15. The molecule has 4 heteroatoms. The van der Waals surface area contributed by atoms with E-state index in [2.05, 4.69) is 41.0 Å². The number of nitrogens with one attached hydrogen (secondary N) is 1. The second kappa shape index (κ2) is 6.11. The molecule has 3 nitrogen and oxygen atoms in total. The monoisotopic (exact) mass is 277 g/mol. The Labute approximate surface area is 119 Å². The molecule has 2 rings (SSSR count). The minimum atomic E-state index is 0.594. The van der Waals surface area contributed by atoms with Crippen LogP contribution in [0.25, 0.3) is 0 Å². The molecule has 0 bridgehead atoms. The Morgan fingerprint density at radius 1 is 1.37 bits per heavy atom. The maximum absolute atomic E-state index is 6.02. The average Bonchev–Trinajstić information content (AvgIpc) is 2.67. The maximum atomic E-state index is 6.02. The molecule has 0 aliphatic heterocycles. The van der Waals surface area contributed by atoms with Crippen molar-refractivity contribution in [2.24, 2.45) is 5.92 Å². The summed E-state index contributed by atoms with van der Waals surface area (Å²) in [4.78, 5) is 4.52. The predicted octanol–water partition coefficient (Wildman–Crippen LogP) is 3.96. The maximum Gasteiger partial charge on any atom is 0.203 e. The lowest BCUT2D eigenvalue weighted by molar-refractivity contribution is 0.676. The van der Waals surface area contributed by atoms with Crippen LogP contribution in [0, 0.1) is 12.8 Å². The Balaban J connectivity index is 2.15. The van der Waals surface area contributed by atoms with Gasteiger partial charge in [0.2, 0.25) is 5.95 Å². The summed E-state index contributed by atoms with van der Waals surface area (Å²) in [7, 11) is 0. The molecule has 0 saturated carbocycles. The number of nitrogens with zero attached hydrogens (tertiary/aromatic N) is 2. The highest BCUT2D eigenvalue weighted by molar-refractivity contribution is 6.30. The van der Waals surface area contributed by atoms with Gasteiger partial charge in [-0.05, 0) is 30.5 Å². The first-order valence-corrected chi connectivity index (χ1v) is 6.94. The van der Waals surface area contributed by atoms with Crippen LogP contribution in [0.15, 0.2) is 30.5 Å². The number of aryl methyl sites for hydroxylation is 1. The average molecular weight is 278 g/mol. The zero-order valence-corrected chi connectivity index (χ0v) is 12.4. The molecule has 0 aliphatic rings. The molecule has 1 N–H and O–H groups in total. The smallest absolute Gasteiger partial charge is 0.203 e. The molecule has 102 valence electrons. The number of hydrogen-bond donors (Lipinski definition) is 1. The van der Waals surface area contributed by atoms with E-state index in [1.165, 1.54) is 5.56 Å². The molecule has 0 radical (unpaired) electrons. The van der Waals surface area contributed by atoms with Gasteiger partial charge in [-0.15, -0.1) is 0 Å². The van der Waals surface area contributed by atoms with E-state index in [0.29, 0.717) is 5.92 Å². The third-order valence-electron chi connectivity index (χ3n) is 2.81. The highest BCUT2D eigenvalue weighted by Gasteiger charge is 2.06. The molecular formula is C15H20ClN3. The van der Waals surface area contributed by atoms with Crippen molar-refractivity contribution >= 4 is 17.5 Å². The summed E-state index contributed by atoms with van der Waals surface area (Å²) >= 11 is 6.02. The molecule has 1 heterocycles. The quantitative estimate of drug-likeness (QED) is 0.896. The molecule has 0 amide bonds. The third kappa shape index (κ3) is 4.00. The second-order valence-corrected chi connectivity index (χ2v) is 5.67. The predicted molar refractivity (Wildman–Crippen MR) is 80.8 cm³/mol. The van der Waals surface area contributed by atoms with E-state index in [0.717, 1.165) is 29.8 Å². The lowest BCUT2D eigenvalue weighted by atomic mass is 10.2. The SMILES string of the molecule is Cc1cn(Cc2cccc(Cl)c2)c(NCC(C)C)n1. The van der Waals surface area contributed by atoms with Gasteiger partial charge in [0.05, 0.1) is 12.2 Å². The Hall–Kier alpha value is -1.48. The van der Waals surface area contributed by atoms with E-state index in [1.807, 2.05) is 25.1 Å². The summed E-state index contributed by atoms with van der Waals surface area (Å²) in [6.07, 6.45) is 2.06. The molecule has 0 aliphatic carbocycles. The van der Waals surface area contributed by atoms with Crippen LogP contribution < -0.4 is 5.32 Å². The van der Waals surface area contributed by atoms with E-state index in [4.69, 9.17) is 11.6 Å². The van der Waals surface area contributed by atoms with Crippen molar-refractivity contribution in [3.63, 3.8) is 0 Å². The standard InChI is InChI=1S/C15H20ClN3/c1-11(2)8-17-15-18-12(3)9-19(15)10-13-5-4-6-14(16)7-13/h4-7,9,11H,8,10H2,1-3H3,(H,17,18). The number of halogens is 1. The topological polar surface area (TPSA) is 29.9 Å². The Kier molecular flexibility index (Phi) is 4.48. The van der Waals surface area contributed by atoms with Crippen molar-refractivity contribution in [2.45, 2.75) is 27.3 Å². The van der Waals surface area contributed by atoms with Gasteiger partial charge in [0.1, 0.15) is 0 Å². The van der Waals surface area contributed by atoms with Gasteiger partial charge in [-0.2, -0.15) is 0 Å². The van der Waals surface area contributed by atoms with Gasteiger partial charge in [-0.1, -0.05) is 37.6 Å². The van der Waals surface area contributed by atoms with Crippen molar-refractivity contribution in [1.82, 2.24) is 9.55 Å². The number of anilines is 1. The number of rotatable bonds is 5. The van der Waals surface area contributed by atoms with Gasteiger partial charge in [0.15, 0.2) is 0 Å². The minimum Gasteiger partial charge on any atom is -0.355 e. The van der Waals surface area contributed by atoms with Gasteiger partial charge >= 0.3 is 0 Å². The Bertz CT molecular complexity index is 546. The highest BCUT2D eigenvalue weighted by atomic mass is 35.5. The van der Waals surface area contributed by atoms with Crippen molar-refractivity contribution in [3.8, 4) is 0 Å². The fraction of sp³-hybridized carbons (Fsp3) is 0.400. The van der Waals surface area contributed by atoms with Crippen LogP contribution in [-0.2, 0) is 6.54 Å². The normalized spacial score (nSPS) is 11.0. The molecule has 1 aromatic heterocycles. The van der Waals surface area contributed by atoms with Crippen LogP contribution in [0.1, 0.15) is 25.1 Å². The Morgan fingerprint density at radius 3 is 2.84 bits per heavy atom. The van der Waals surface area contributed by atoms with Gasteiger partial charge in [0.25, 0.3) is 0 Å². The van der Waals surface area contributed by atoms with Crippen molar-refractivity contribution in [1.29, 1.82) is 0 Å². The summed E-state index contributed by atoms with van der Waals surface area (Å²) < 4.78 is 2.13. The van der Waals surface area contributed by atoms with Gasteiger partial charge in [0, 0.05) is 17.8 Å². The molecule has 0 unspecified atom stereocenters. The molecule has 0 saturated heterocycles. The lowest BCUT2D eigenvalue weighted by Gasteiger charge is -2.11. The number of benzene rings is 1. The van der Waals surface area contributed by atoms with Crippen molar-refractivity contribution in [2.75, 3.05) is 11.9 Å². The van der Waals surface area contributed by atoms with Crippen LogP contribution in [0.5, 0.6) is 0 Å². The first-order chi connectivity index (χ1) is 9.04. The lowest BCUT2D eigenvalue weighted by Crippen LogP contribution is -2.13. The third-order valence-corrected chi connectivity index (χ3v) is 3.04. The Morgan fingerprint density at radius 2 is 2.16 bits per heavy atom. The summed E-state index contributed by atoms with van der Waals surface area (Å²) in [6.45, 7) is 8.08. The summed E-state index contributed by atoms with van der Waals surface area (Å²) in [5, 5.41) is 4.16. The first-order valence-electron chi connectivity index (χ1n) is 6.56. The minimum absolute atomic E-state index is 0.594. The fourth-order valence-electron chi connectivity index (χ4n) is 1.94. The number of aromatic nitrogens is 2. The van der Waals surface area contributed by atoms with Gasteiger partial charge < -0.3 is 9.88 Å². The molecule has 2 aromatic rings. The van der Waals surface area contributed by atoms with E-state index in [-0.39, 0.29) is 0 Å². The zero-order chi connectivity index (χ0) is 13.8. The molecule has 0 atom stereocenters.